The summed E-state index contributed by atoms with van der Waals surface area (Å²) in [6.45, 7) is 6.26. The average molecular weight is 445 g/mol. The Morgan fingerprint density at radius 1 is 0.938 bits per heavy atom. The molecule has 3 fully saturated rings. The molecule has 7 heteroatoms. The van der Waals surface area contributed by atoms with E-state index in [0.717, 1.165) is 32.5 Å². The monoisotopic (exact) mass is 444 g/mol. The van der Waals surface area contributed by atoms with E-state index in [1.807, 2.05) is 0 Å². The molecule has 0 unspecified atom stereocenters. The predicted octanol–water partition coefficient (Wildman–Crippen LogP) is 2.74. The van der Waals surface area contributed by atoms with Gasteiger partial charge in [-0.2, -0.15) is 0 Å². The number of carbonyl (C=O) groups is 2. The molecular formula is C25H37FN4O2. The molecule has 1 N–H and O–H groups in total. The number of piperazine rings is 1. The predicted molar refractivity (Wildman–Crippen MR) is 123 cm³/mol. The smallest absolute Gasteiger partial charge is 0.256 e. The Balaban J connectivity index is 1.32. The number of amides is 2. The minimum absolute atomic E-state index is 0.121. The highest BCUT2D eigenvalue weighted by molar-refractivity contribution is 5.94. The van der Waals surface area contributed by atoms with Crippen molar-refractivity contribution in [2.45, 2.75) is 51.0 Å². The fourth-order valence-electron chi connectivity index (χ4n) is 5.58. The number of hydrogen-bond donors (Lipinski definition) is 1. The molecule has 2 saturated heterocycles. The lowest BCUT2D eigenvalue weighted by Crippen LogP contribution is -2.58. The number of carbonyl (C=O) groups excluding carboxylic acids is 2. The molecule has 2 amide bonds. The van der Waals surface area contributed by atoms with E-state index in [9.17, 15) is 14.0 Å². The molecule has 0 bridgehead atoms. The summed E-state index contributed by atoms with van der Waals surface area (Å²) in [6, 6.07) is 6.04. The number of piperidine rings is 1. The van der Waals surface area contributed by atoms with Gasteiger partial charge in [-0.05, 0) is 56.8 Å². The highest BCUT2D eigenvalue weighted by Crippen LogP contribution is 2.31. The molecule has 1 aromatic rings. The molecule has 2 aliphatic heterocycles. The van der Waals surface area contributed by atoms with Crippen molar-refractivity contribution < 1.29 is 14.0 Å². The van der Waals surface area contributed by atoms with E-state index in [4.69, 9.17) is 0 Å². The minimum Gasteiger partial charge on any atom is -0.353 e. The summed E-state index contributed by atoms with van der Waals surface area (Å²) in [4.78, 5) is 32.4. The zero-order chi connectivity index (χ0) is 22.3. The van der Waals surface area contributed by atoms with E-state index in [-0.39, 0.29) is 23.4 Å². The molecule has 0 radical (unpaired) electrons. The Bertz CT molecular complexity index is 769. The molecule has 176 valence electrons. The van der Waals surface area contributed by atoms with E-state index in [2.05, 4.69) is 15.1 Å². The van der Waals surface area contributed by atoms with Gasteiger partial charge in [-0.1, -0.05) is 31.4 Å². The van der Waals surface area contributed by atoms with Crippen LogP contribution >= 0.6 is 0 Å². The van der Waals surface area contributed by atoms with E-state index in [0.29, 0.717) is 38.6 Å². The molecule has 4 rings (SSSR count). The minimum atomic E-state index is -0.475. The van der Waals surface area contributed by atoms with Gasteiger partial charge in [0.25, 0.3) is 5.91 Å². The van der Waals surface area contributed by atoms with Gasteiger partial charge in [-0.25, -0.2) is 4.39 Å². The van der Waals surface area contributed by atoms with E-state index in [1.54, 1.807) is 23.1 Å². The molecule has 2 heterocycles. The van der Waals surface area contributed by atoms with E-state index in [1.165, 1.54) is 38.2 Å². The van der Waals surface area contributed by atoms with Gasteiger partial charge in [0.05, 0.1) is 11.6 Å². The van der Waals surface area contributed by atoms with Crippen molar-refractivity contribution in [1.82, 2.24) is 20.0 Å². The summed E-state index contributed by atoms with van der Waals surface area (Å²) in [5.74, 6) is -0.204. The maximum Gasteiger partial charge on any atom is 0.256 e. The summed E-state index contributed by atoms with van der Waals surface area (Å²) in [5.41, 5.74) is 0.128. The quantitative estimate of drug-likeness (QED) is 0.703. The standard InChI is InChI=1S/C25H37FN4O2/c26-22-11-5-4-10-21(22)25(32)30-18-16-29(17-19-30)23(20-8-2-3-9-20)24(31)27-12-15-28-13-6-1-7-14-28/h4-5,10-11,20,23H,1-3,6-9,12-19H2,(H,27,31)/t23-/m1/s1. The van der Waals surface area contributed by atoms with Crippen LogP contribution in [0.15, 0.2) is 24.3 Å². The van der Waals surface area contributed by atoms with Gasteiger partial charge in [0, 0.05) is 39.3 Å². The SMILES string of the molecule is O=C(NCCN1CCCCC1)[C@@H](C1CCCC1)N1CCN(C(=O)c2ccccc2F)CC1. The normalized spacial score (nSPS) is 22.1. The van der Waals surface area contributed by atoms with Crippen LogP contribution in [0.2, 0.25) is 0 Å². The number of rotatable bonds is 7. The summed E-state index contributed by atoms with van der Waals surface area (Å²) in [7, 11) is 0. The lowest BCUT2D eigenvalue weighted by molar-refractivity contribution is -0.129. The fraction of sp³-hybridized carbons (Fsp3) is 0.680. The summed E-state index contributed by atoms with van der Waals surface area (Å²) in [5, 5.41) is 3.22. The molecule has 1 atom stereocenters. The second-order valence-electron chi connectivity index (χ2n) is 9.49. The van der Waals surface area contributed by atoms with Crippen LogP contribution in [-0.2, 0) is 4.79 Å². The zero-order valence-corrected chi connectivity index (χ0v) is 19.1. The van der Waals surface area contributed by atoms with Gasteiger partial charge in [-0.15, -0.1) is 0 Å². The van der Waals surface area contributed by atoms with Crippen LogP contribution in [0.3, 0.4) is 0 Å². The maximum absolute atomic E-state index is 14.0. The number of halogens is 1. The molecule has 1 saturated carbocycles. The second-order valence-corrected chi connectivity index (χ2v) is 9.49. The molecule has 6 nitrogen and oxygen atoms in total. The van der Waals surface area contributed by atoms with Gasteiger partial charge in [0.15, 0.2) is 0 Å². The zero-order valence-electron chi connectivity index (χ0n) is 19.1. The van der Waals surface area contributed by atoms with Crippen molar-refractivity contribution >= 4 is 11.8 Å². The van der Waals surface area contributed by atoms with Crippen molar-refractivity contribution in [1.29, 1.82) is 0 Å². The fourth-order valence-corrected chi connectivity index (χ4v) is 5.58. The summed E-state index contributed by atoms with van der Waals surface area (Å²) < 4.78 is 14.0. The molecule has 32 heavy (non-hydrogen) atoms. The van der Waals surface area contributed by atoms with Crippen LogP contribution in [0.4, 0.5) is 4.39 Å². The summed E-state index contributed by atoms with van der Waals surface area (Å²) >= 11 is 0. The number of likely N-dealkylation sites (tertiary alicyclic amines) is 1. The second kappa shape index (κ2) is 11.2. The molecule has 1 aliphatic carbocycles. The first-order valence-electron chi connectivity index (χ1n) is 12.4. The maximum atomic E-state index is 14.0. The van der Waals surface area contributed by atoms with E-state index >= 15 is 0 Å². The van der Waals surface area contributed by atoms with Crippen molar-refractivity contribution in [2.75, 3.05) is 52.4 Å². The van der Waals surface area contributed by atoms with Crippen LogP contribution in [0.1, 0.15) is 55.3 Å². The first kappa shape index (κ1) is 23.2. The Kier molecular flexibility index (Phi) is 8.14. The molecular weight excluding hydrogens is 407 g/mol. The van der Waals surface area contributed by atoms with Crippen molar-refractivity contribution in [3.63, 3.8) is 0 Å². The Labute approximate surface area is 191 Å². The largest absolute Gasteiger partial charge is 0.353 e. The molecule has 3 aliphatic rings. The number of nitrogens with zero attached hydrogens (tertiary/aromatic N) is 3. The van der Waals surface area contributed by atoms with Crippen LogP contribution in [0, 0.1) is 11.7 Å². The molecule has 0 spiro atoms. The Hall–Kier alpha value is -1.99. The lowest BCUT2D eigenvalue weighted by atomic mass is 9.95. The third-order valence-electron chi connectivity index (χ3n) is 7.39. The lowest BCUT2D eigenvalue weighted by Gasteiger charge is -2.41. The van der Waals surface area contributed by atoms with Gasteiger partial charge in [0.2, 0.25) is 5.91 Å². The topological polar surface area (TPSA) is 55.9 Å². The van der Waals surface area contributed by atoms with Crippen molar-refractivity contribution in [2.24, 2.45) is 5.92 Å². The summed E-state index contributed by atoms with van der Waals surface area (Å²) in [6.07, 6.45) is 8.40. The third-order valence-corrected chi connectivity index (χ3v) is 7.39. The highest BCUT2D eigenvalue weighted by Gasteiger charge is 2.37. The van der Waals surface area contributed by atoms with Gasteiger partial charge >= 0.3 is 0 Å². The third kappa shape index (κ3) is 5.67. The molecule has 1 aromatic carbocycles. The Morgan fingerprint density at radius 2 is 1.62 bits per heavy atom. The van der Waals surface area contributed by atoms with Crippen LogP contribution < -0.4 is 5.32 Å². The van der Waals surface area contributed by atoms with Crippen LogP contribution in [0.25, 0.3) is 0 Å². The first-order chi connectivity index (χ1) is 15.6. The van der Waals surface area contributed by atoms with Crippen molar-refractivity contribution in [3.8, 4) is 0 Å². The van der Waals surface area contributed by atoms with Crippen LogP contribution in [0.5, 0.6) is 0 Å². The van der Waals surface area contributed by atoms with Crippen molar-refractivity contribution in [3.05, 3.63) is 35.6 Å². The molecule has 0 aromatic heterocycles. The van der Waals surface area contributed by atoms with Crippen LogP contribution in [-0.4, -0.2) is 84.9 Å². The number of benzene rings is 1. The van der Waals surface area contributed by atoms with Gasteiger partial charge in [-0.3, -0.25) is 14.5 Å². The van der Waals surface area contributed by atoms with E-state index < -0.39 is 5.82 Å². The number of nitrogens with one attached hydrogen (secondary N) is 1. The van der Waals surface area contributed by atoms with Gasteiger partial charge < -0.3 is 15.1 Å². The average Bonchev–Trinajstić information content (AvgIpc) is 3.35. The highest BCUT2D eigenvalue weighted by atomic mass is 19.1. The first-order valence-corrected chi connectivity index (χ1v) is 12.4. The Morgan fingerprint density at radius 3 is 2.31 bits per heavy atom. The number of hydrogen-bond acceptors (Lipinski definition) is 4. The van der Waals surface area contributed by atoms with Gasteiger partial charge in [0.1, 0.15) is 5.82 Å².